The number of ether oxygens (including phenoxy) is 1. The van der Waals surface area contributed by atoms with Gasteiger partial charge in [0.05, 0.1) is 6.61 Å². The molecule has 1 rings (SSSR count). The molecule has 0 radical (unpaired) electrons. The van der Waals surface area contributed by atoms with Gasteiger partial charge in [-0.1, -0.05) is 0 Å². The van der Waals surface area contributed by atoms with E-state index in [9.17, 15) is 9.59 Å². The van der Waals surface area contributed by atoms with Crippen LogP contribution in [0.4, 0.5) is 4.79 Å². The Morgan fingerprint density at radius 3 is 2.71 bits per heavy atom. The summed E-state index contributed by atoms with van der Waals surface area (Å²) in [5.41, 5.74) is 0. The summed E-state index contributed by atoms with van der Waals surface area (Å²) in [5.74, 6) is -0.337. The Morgan fingerprint density at radius 2 is 2.29 bits per heavy atom. The number of urea groups is 1. The van der Waals surface area contributed by atoms with Crippen LogP contribution in [-0.4, -0.2) is 42.6 Å². The van der Waals surface area contributed by atoms with Crippen LogP contribution < -0.4 is 5.32 Å². The van der Waals surface area contributed by atoms with E-state index in [-0.39, 0.29) is 18.0 Å². The van der Waals surface area contributed by atoms with Gasteiger partial charge in [0.25, 0.3) is 0 Å². The van der Waals surface area contributed by atoms with Gasteiger partial charge in [-0.05, 0) is 13.8 Å². The van der Waals surface area contributed by atoms with Crippen molar-refractivity contribution in [2.75, 3.05) is 13.7 Å². The van der Waals surface area contributed by atoms with Gasteiger partial charge < -0.3 is 15.0 Å². The molecule has 1 heterocycles. The first-order valence-corrected chi connectivity index (χ1v) is 4.72. The normalized spacial score (nSPS) is 20.9. The van der Waals surface area contributed by atoms with Gasteiger partial charge in [-0.2, -0.15) is 0 Å². The largest absolute Gasteiger partial charge is 0.464 e. The monoisotopic (exact) mass is 200 g/mol. The summed E-state index contributed by atoms with van der Waals surface area (Å²) in [4.78, 5) is 24.1. The fourth-order valence-corrected chi connectivity index (χ4v) is 1.11. The van der Waals surface area contributed by atoms with Crippen LogP contribution in [0.2, 0.25) is 0 Å². The molecular weight excluding hydrogens is 184 g/mol. The summed E-state index contributed by atoms with van der Waals surface area (Å²) >= 11 is 0. The molecule has 1 N–H and O–H groups in total. The standard InChI is InChI=1S/C9H16N2O3/c1-6(2)11(3)9(13)10-7-4-5-14-8(7)12/h6-7H,4-5H2,1-3H3,(H,10,13). The number of amides is 2. The first-order valence-electron chi connectivity index (χ1n) is 4.72. The molecule has 5 nitrogen and oxygen atoms in total. The number of nitrogens with one attached hydrogen (secondary N) is 1. The van der Waals surface area contributed by atoms with E-state index in [1.807, 2.05) is 13.8 Å². The number of cyclic esters (lactones) is 1. The predicted octanol–water partition coefficient (Wildman–Crippen LogP) is 0.352. The van der Waals surface area contributed by atoms with Crippen LogP contribution in [0.25, 0.3) is 0 Å². The van der Waals surface area contributed by atoms with Crippen LogP contribution in [0.5, 0.6) is 0 Å². The third-order valence-corrected chi connectivity index (χ3v) is 2.33. The molecule has 1 fully saturated rings. The van der Waals surface area contributed by atoms with E-state index < -0.39 is 6.04 Å². The lowest BCUT2D eigenvalue weighted by molar-refractivity contribution is -0.139. The van der Waals surface area contributed by atoms with E-state index in [0.717, 1.165) is 0 Å². The highest BCUT2D eigenvalue weighted by Gasteiger charge is 2.29. The fraction of sp³-hybridized carbons (Fsp3) is 0.778. The van der Waals surface area contributed by atoms with Crippen LogP contribution in [0.1, 0.15) is 20.3 Å². The molecule has 1 saturated heterocycles. The average molecular weight is 200 g/mol. The minimum absolute atomic E-state index is 0.118. The van der Waals surface area contributed by atoms with Gasteiger partial charge in [0, 0.05) is 19.5 Å². The Kier molecular flexibility index (Phi) is 3.33. The molecule has 0 spiro atoms. The number of hydrogen-bond acceptors (Lipinski definition) is 3. The lowest BCUT2D eigenvalue weighted by Gasteiger charge is -2.22. The van der Waals surface area contributed by atoms with Crippen LogP contribution in [0.3, 0.4) is 0 Å². The number of nitrogens with zero attached hydrogens (tertiary/aromatic N) is 1. The second-order valence-corrected chi connectivity index (χ2v) is 3.66. The Balaban J connectivity index is 2.44. The minimum Gasteiger partial charge on any atom is -0.464 e. The van der Waals surface area contributed by atoms with E-state index in [1.54, 1.807) is 11.9 Å². The molecule has 80 valence electrons. The number of carbonyl (C=O) groups is 2. The molecule has 0 saturated carbocycles. The van der Waals surface area contributed by atoms with Gasteiger partial charge in [0.1, 0.15) is 6.04 Å². The van der Waals surface area contributed by atoms with Crippen molar-refractivity contribution < 1.29 is 14.3 Å². The van der Waals surface area contributed by atoms with E-state index in [0.29, 0.717) is 13.0 Å². The van der Waals surface area contributed by atoms with Gasteiger partial charge in [0.2, 0.25) is 0 Å². The van der Waals surface area contributed by atoms with E-state index in [4.69, 9.17) is 4.74 Å². The molecule has 0 bridgehead atoms. The van der Waals surface area contributed by atoms with Crippen molar-refractivity contribution in [1.82, 2.24) is 10.2 Å². The van der Waals surface area contributed by atoms with Crippen LogP contribution in [0, 0.1) is 0 Å². The molecule has 0 aliphatic carbocycles. The number of esters is 1. The third-order valence-electron chi connectivity index (χ3n) is 2.33. The summed E-state index contributed by atoms with van der Waals surface area (Å²) in [6.45, 7) is 4.22. The molecule has 2 amide bonds. The average Bonchev–Trinajstić information content (AvgIpc) is 2.50. The summed E-state index contributed by atoms with van der Waals surface area (Å²) in [5, 5.41) is 2.62. The zero-order valence-corrected chi connectivity index (χ0v) is 8.74. The number of hydrogen-bond donors (Lipinski definition) is 1. The smallest absolute Gasteiger partial charge is 0.328 e. The second-order valence-electron chi connectivity index (χ2n) is 3.66. The highest BCUT2D eigenvalue weighted by molar-refractivity contribution is 5.84. The summed E-state index contributed by atoms with van der Waals surface area (Å²) < 4.78 is 4.73. The maximum absolute atomic E-state index is 11.5. The first kappa shape index (κ1) is 10.8. The fourth-order valence-electron chi connectivity index (χ4n) is 1.11. The number of rotatable bonds is 2. The highest BCUT2D eigenvalue weighted by Crippen LogP contribution is 2.06. The summed E-state index contributed by atoms with van der Waals surface area (Å²) in [6.07, 6.45) is 0.566. The SMILES string of the molecule is CC(C)N(C)C(=O)NC1CCOC1=O. The van der Waals surface area contributed by atoms with Gasteiger partial charge in [0.15, 0.2) is 0 Å². The van der Waals surface area contributed by atoms with Crippen molar-refractivity contribution in [1.29, 1.82) is 0 Å². The quantitative estimate of drug-likeness (QED) is 0.654. The maximum Gasteiger partial charge on any atom is 0.328 e. The number of carbonyl (C=O) groups excluding carboxylic acids is 2. The highest BCUT2D eigenvalue weighted by atomic mass is 16.5. The molecule has 0 aromatic heterocycles. The van der Waals surface area contributed by atoms with Crippen molar-refractivity contribution in [3.63, 3.8) is 0 Å². The minimum atomic E-state index is -0.469. The molecule has 14 heavy (non-hydrogen) atoms. The summed E-state index contributed by atoms with van der Waals surface area (Å²) in [7, 11) is 1.69. The van der Waals surface area contributed by atoms with E-state index >= 15 is 0 Å². The molecule has 0 aromatic carbocycles. The predicted molar refractivity (Wildman–Crippen MR) is 50.8 cm³/mol. The van der Waals surface area contributed by atoms with Crippen molar-refractivity contribution in [2.24, 2.45) is 0 Å². The van der Waals surface area contributed by atoms with Gasteiger partial charge >= 0.3 is 12.0 Å². The molecule has 0 aromatic rings. The Hall–Kier alpha value is -1.26. The molecule has 1 atom stereocenters. The molecule has 1 aliphatic rings. The zero-order chi connectivity index (χ0) is 10.7. The van der Waals surface area contributed by atoms with E-state index in [1.165, 1.54) is 0 Å². The third kappa shape index (κ3) is 2.37. The van der Waals surface area contributed by atoms with Crippen molar-refractivity contribution in [3.05, 3.63) is 0 Å². The van der Waals surface area contributed by atoms with Crippen molar-refractivity contribution in [3.8, 4) is 0 Å². The zero-order valence-electron chi connectivity index (χ0n) is 8.74. The molecule has 1 aliphatic heterocycles. The van der Waals surface area contributed by atoms with Crippen LogP contribution in [0.15, 0.2) is 0 Å². The first-order chi connectivity index (χ1) is 6.52. The maximum atomic E-state index is 11.5. The summed E-state index contributed by atoms with van der Waals surface area (Å²) in [6, 6.07) is -0.583. The lowest BCUT2D eigenvalue weighted by Crippen LogP contribution is -2.47. The van der Waals surface area contributed by atoms with Gasteiger partial charge in [-0.15, -0.1) is 0 Å². The van der Waals surface area contributed by atoms with Crippen molar-refractivity contribution >= 4 is 12.0 Å². The van der Waals surface area contributed by atoms with Crippen molar-refractivity contribution in [2.45, 2.75) is 32.4 Å². The molecule has 1 unspecified atom stereocenters. The Bertz CT molecular complexity index is 240. The molecular formula is C9H16N2O3. The topological polar surface area (TPSA) is 58.6 Å². The van der Waals surface area contributed by atoms with E-state index in [2.05, 4.69) is 5.32 Å². The van der Waals surface area contributed by atoms with Crippen LogP contribution in [-0.2, 0) is 9.53 Å². The van der Waals surface area contributed by atoms with Crippen LogP contribution >= 0.6 is 0 Å². The second kappa shape index (κ2) is 4.30. The molecule has 5 heteroatoms. The van der Waals surface area contributed by atoms with Gasteiger partial charge in [-0.3, -0.25) is 0 Å². The lowest BCUT2D eigenvalue weighted by atomic mass is 10.2. The Labute approximate surface area is 83.4 Å². The van der Waals surface area contributed by atoms with Gasteiger partial charge in [-0.25, -0.2) is 9.59 Å². The Morgan fingerprint density at radius 1 is 1.64 bits per heavy atom.